The van der Waals surface area contributed by atoms with Gasteiger partial charge in [-0.15, -0.1) is 0 Å². The standard InChI is InChI=1S/C22H32N2O2/c1-21(2)17-9-10-22(21,3)19(13-17)26-20(25)18-14-23-11-12-24(18)15-16-7-5-4-6-8-16/h4-8,17-19,23H,9-15H2,1-3H3. The van der Waals surface area contributed by atoms with Crippen molar-refractivity contribution in [1.82, 2.24) is 10.2 Å². The number of nitrogens with one attached hydrogen (secondary N) is 1. The quantitative estimate of drug-likeness (QED) is 0.841. The molecule has 3 fully saturated rings. The number of fused-ring (bicyclic) bond motifs is 2. The van der Waals surface area contributed by atoms with E-state index in [0.717, 1.165) is 26.1 Å². The number of ether oxygens (including phenoxy) is 1. The van der Waals surface area contributed by atoms with Crippen LogP contribution < -0.4 is 5.32 Å². The lowest BCUT2D eigenvalue weighted by atomic mass is 9.70. The summed E-state index contributed by atoms with van der Waals surface area (Å²) in [7, 11) is 0. The van der Waals surface area contributed by atoms with Crippen molar-refractivity contribution in [2.75, 3.05) is 19.6 Å². The molecule has 1 aromatic rings. The van der Waals surface area contributed by atoms with E-state index in [0.29, 0.717) is 12.5 Å². The lowest BCUT2D eigenvalue weighted by Crippen LogP contribution is -2.56. The van der Waals surface area contributed by atoms with Gasteiger partial charge in [0.05, 0.1) is 0 Å². The summed E-state index contributed by atoms with van der Waals surface area (Å²) in [6, 6.07) is 10.2. The summed E-state index contributed by atoms with van der Waals surface area (Å²) in [5.74, 6) is 0.651. The van der Waals surface area contributed by atoms with E-state index in [2.05, 4.69) is 55.3 Å². The molecular weight excluding hydrogens is 324 g/mol. The van der Waals surface area contributed by atoms with E-state index in [9.17, 15) is 4.79 Å². The monoisotopic (exact) mass is 356 g/mol. The van der Waals surface area contributed by atoms with Gasteiger partial charge in [0.1, 0.15) is 12.1 Å². The largest absolute Gasteiger partial charge is 0.461 e. The van der Waals surface area contributed by atoms with Crippen LogP contribution in [0.2, 0.25) is 0 Å². The Kier molecular flexibility index (Phi) is 4.60. The molecule has 1 aliphatic heterocycles. The fourth-order valence-electron chi connectivity index (χ4n) is 5.51. The Morgan fingerprint density at radius 2 is 2.04 bits per heavy atom. The zero-order valence-corrected chi connectivity index (χ0v) is 16.3. The van der Waals surface area contributed by atoms with Crippen LogP contribution in [-0.4, -0.2) is 42.6 Å². The Labute approximate surface area is 157 Å². The van der Waals surface area contributed by atoms with E-state index in [1.807, 2.05) is 6.07 Å². The van der Waals surface area contributed by atoms with Crippen LogP contribution in [-0.2, 0) is 16.1 Å². The first kappa shape index (κ1) is 18.0. The molecule has 1 aromatic carbocycles. The summed E-state index contributed by atoms with van der Waals surface area (Å²) in [5.41, 5.74) is 1.65. The molecule has 4 unspecified atom stereocenters. The third-order valence-corrected chi connectivity index (χ3v) is 7.83. The van der Waals surface area contributed by atoms with Crippen LogP contribution in [0.3, 0.4) is 0 Å². The van der Waals surface area contributed by atoms with Crippen LogP contribution in [0.5, 0.6) is 0 Å². The Hall–Kier alpha value is -1.39. The van der Waals surface area contributed by atoms with Gasteiger partial charge in [0.15, 0.2) is 0 Å². The molecule has 1 N–H and O–H groups in total. The van der Waals surface area contributed by atoms with E-state index in [1.165, 1.54) is 18.4 Å². The predicted octanol–water partition coefficient (Wildman–Crippen LogP) is 3.22. The third-order valence-electron chi connectivity index (χ3n) is 7.83. The van der Waals surface area contributed by atoms with Crippen LogP contribution in [0.15, 0.2) is 30.3 Å². The molecule has 2 aliphatic carbocycles. The maximum absolute atomic E-state index is 13.1. The second-order valence-electron chi connectivity index (χ2n) is 9.21. The number of esters is 1. The summed E-state index contributed by atoms with van der Waals surface area (Å²) in [6.45, 7) is 10.3. The highest BCUT2D eigenvalue weighted by molar-refractivity contribution is 5.76. The minimum atomic E-state index is -0.185. The molecule has 142 valence electrons. The average molecular weight is 357 g/mol. The Morgan fingerprint density at radius 3 is 2.69 bits per heavy atom. The molecule has 0 amide bonds. The normalized spacial score (nSPS) is 36.2. The average Bonchev–Trinajstić information content (AvgIpc) is 2.96. The van der Waals surface area contributed by atoms with E-state index in [4.69, 9.17) is 4.74 Å². The van der Waals surface area contributed by atoms with Gasteiger partial charge in [-0.05, 0) is 36.2 Å². The first-order valence-electron chi connectivity index (χ1n) is 10.1. The number of rotatable bonds is 4. The van der Waals surface area contributed by atoms with Crippen molar-refractivity contribution in [1.29, 1.82) is 0 Å². The number of benzene rings is 1. The van der Waals surface area contributed by atoms with Gasteiger partial charge in [0.2, 0.25) is 0 Å². The molecular formula is C22H32N2O2. The molecule has 3 aliphatic rings. The van der Waals surface area contributed by atoms with Gasteiger partial charge in [-0.25, -0.2) is 0 Å². The molecule has 2 saturated carbocycles. The number of carbonyl (C=O) groups is 1. The smallest absolute Gasteiger partial charge is 0.324 e. The number of hydrogen-bond donors (Lipinski definition) is 1. The minimum absolute atomic E-state index is 0.0392. The maximum atomic E-state index is 13.1. The summed E-state index contributed by atoms with van der Waals surface area (Å²) in [5, 5.41) is 3.37. The molecule has 4 heteroatoms. The fourth-order valence-corrected chi connectivity index (χ4v) is 5.51. The Bertz CT molecular complexity index is 659. The molecule has 1 saturated heterocycles. The van der Waals surface area contributed by atoms with Gasteiger partial charge >= 0.3 is 5.97 Å². The molecule has 1 heterocycles. The van der Waals surface area contributed by atoms with E-state index >= 15 is 0 Å². The molecule has 4 atom stereocenters. The van der Waals surface area contributed by atoms with Gasteiger partial charge in [0.25, 0.3) is 0 Å². The van der Waals surface area contributed by atoms with Gasteiger partial charge in [0, 0.05) is 31.6 Å². The van der Waals surface area contributed by atoms with E-state index < -0.39 is 0 Å². The predicted molar refractivity (Wildman–Crippen MR) is 103 cm³/mol. The van der Waals surface area contributed by atoms with Crippen molar-refractivity contribution in [2.45, 2.75) is 58.7 Å². The molecule has 0 spiro atoms. The highest BCUT2D eigenvalue weighted by Crippen LogP contribution is 2.66. The maximum Gasteiger partial charge on any atom is 0.324 e. The van der Waals surface area contributed by atoms with Crippen LogP contribution in [0.25, 0.3) is 0 Å². The van der Waals surface area contributed by atoms with Crippen LogP contribution in [0.1, 0.15) is 45.6 Å². The summed E-state index contributed by atoms with van der Waals surface area (Å²) in [4.78, 5) is 15.4. The van der Waals surface area contributed by atoms with Crippen molar-refractivity contribution in [3.8, 4) is 0 Å². The number of nitrogens with zero attached hydrogens (tertiary/aromatic N) is 1. The SMILES string of the molecule is CC1(C)C2CCC1(C)C(OC(=O)C1CNCCN1Cc1ccccc1)C2. The van der Waals surface area contributed by atoms with E-state index in [-0.39, 0.29) is 28.9 Å². The topological polar surface area (TPSA) is 41.6 Å². The number of carbonyl (C=O) groups excluding carboxylic acids is 1. The second kappa shape index (κ2) is 6.65. The van der Waals surface area contributed by atoms with Crippen molar-refractivity contribution in [2.24, 2.45) is 16.7 Å². The Morgan fingerprint density at radius 1 is 1.27 bits per heavy atom. The second-order valence-corrected chi connectivity index (χ2v) is 9.21. The molecule has 0 aromatic heterocycles. The summed E-state index contributed by atoms with van der Waals surface area (Å²) >= 11 is 0. The summed E-state index contributed by atoms with van der Waals surface area (Å²) in [6.07, 6.45) is 3.57. The van der Waals surface area contributed by atoms with Crippen molar-refractivity contribution >= 4 is 5.97 Å². The minimum Gasteiger partial charge on any atom is -0.461 e. The zero-order valence-electron chi connectivity index (χ0n) is 16.3. The molecule has 26 heavy (non-hydrogen) atoms. The lowest BCUT2D eigenvalue weighted by molar-refractivity contribution is -0.164. The van der Waals surface area contributed by atoms with Gasteiger partial charge in [-0.2, -0.15) is 0 Å². The van der Waals surface area contributed by atoms with Crippen molar-refractivity contribution < 1.29 is 9.53 Å². The third kappa shape index (κ3) is 2.87. The van der Waals surface area contributed by atoms with E-state index in [1.54, 1.807) is 0 Å². The van der Waals surface area contributed by atoms with Crippen LogP contribution >= 0.6 is 0 Å². The highest BCUT2D eigenvalue weighted by Gasteiger charge is 2.63. The van der Waals surface area contributed by atoms with Crippen LogP contribution in [0.4, 0.5) is 0 Å². The van der Waals surface area contributed by atoms with Crippen molar-refractivity contribution in [3.63, 3.8) is 0 Å². The molecule has 0 radical (unpaired) electrons. The van der Waals surface area contributed by atoms with Gasteiger partial charge < -0.3 is 10.1 Å². The first-order chi connectivity index (χ1) is 12.4. The Balaban J connectivity index is 1.45. The molecule has 4 rings (SSSR count). The molecule has 2 bridgehead atoms. The number of hydrogen-bond acceptors (Lipinski definition) is 4. The first-order valence-corrected chi connectivity index (χ1v) is 10.1. The lowest BCUT2D eigenvalue weighted by Gasteiger charge is -2.40. The summed E-state index contributed by atoms with van der Waals surface area (Å²) < 4.78 is 6.17. The highest BCUT2D eigenvalue weighted by atomic mass is 16.5. The zero-order chi connectivity index (χ0) is 18.4. The van der Waals surface area contributed by atoms with Gasteiger partial charge in [-0.3, -0.25) is 9.69 Å². The fraction of sp³-hybridized carbons (Fsp3) is 0.682. The van der Waals surface area contributed by atoms with Gasteiger partial charge in [-0.1, -0.05) is 51.1 Å². The van der Waals surface area contributed by atoms with Crippen molar-refractivity contribution in [3.05, 3.63) is 35.9 Å². The number of piperazine rings is 1. The van der Waals surface area contributed by atoms with Crippen LogP contribution in [0, 0.1) is 16.7 Å². The molecule has 4 nitrogen and oxygen atoms in total.